The Bertz CT molecular complexity index is 121. The van der Waals surface area contributed by atoms with Crippen LogP contribution in [0.1, 0.15) is 12.8 Å². The van der Waals surface area contributed by atoms with Gasteiger partial charge in [0.05, 0.1) is 0 Å². The van der Waals surface area contributed by atoms with E-state index in [2.05, 4.69) is 15.3 Å². The molecular formula is C5H10N4. The highest BCUT2D eigenvalue weighted by molar-refractivity contribution is 4.75. The van der Waals surface area contributed by atoms with Gasteiger partial charge in [0.25, 0.3) is 0 Å². The van der Waals surface area contributed by atoms with Crippen molar-refractivity contribution >= 4 is 0 Å². The molecule has 0 saturated carbocycles. The number of azide groups is 1. The molecule has 0 amide bonds. The van der Waals surface area contributed by atoms with Crippen molar-refractivity contribution < 1.29 is 0 Å². The topological polar surface area (TPSA) is 60.8 Å². The Labute approximate surface area is 53.9 Å². The maximum atomic E-state index is 7.96. The Morgan fingerprint density at radius 2 is 2.67 bits per heavy atom. The van der Waals surface area contributed by atoms with Crippen molar-refractivity contribution in [1.82, 2.24) is 5.32 Å². The average molecular weight is 126 g/mol. The summed E-state index contributed by atoms with van der Waals surface area (Å²) in [5.41, 5.74) is 7.96. The lowest BCUT2D eigenvalue weighted by Crippen LogP contribution is -2.23. The maximum Gasteiger partial charge on any atom is 0.0412 e. The second-order valence-electron chi connectivity index (χ2n) is 2.21. The van der Waals surface area contributed by atoms with E-state index in [-0.39, 0.29) is 0 Å². The molecule has 0 aliphatic carbocycles. The van der Waals surface area contributed by atoms with Gasteiger partial charge < -0.3 is 5.32 Å². The number of hydrogen-bond donors (Lipinski definition) is 1. The van der Waals surface area contributed by atoms with Gasteiger partial charge in [0.15, 0.2) is 0 Å². The molecule has 0 radical (unpaired) electrons. The van der Waals surface area contributed by atoms with Gasteiger partial charge in [-0.3, -0.25) is 0 Å². The SMILES string of the molecule is [N-]=[N+]=NCC1CCCN1. The molecule has 4 nitrogen and oxygen atoms in total. The maximum absolute atomic E-state index is 7.96. The van der Waals surface area contributed by atoms with Crippen LogP contribution in [-0.2, 0) is 0 Å². The van der Waals surface area contributed by atoms with Gasteiger partial charge in [-0.25, -0.2) is 0 Å². The van der Waals surface area contributed by atoms with E-state index in [0.29, 0.717) is 12.6 Å². The van der Waals surface area contributed by atoms with Crippen molar-refractivity contribution in [2.45, 2.75) is 18.9 Å². The lowest BCUT2D eigenvalue weighted by molar-refractivity contribution is 0.615. The Balaban J connectivity index is 2.18. The molecule has 1 aliphatic heterocycles. The predicted octanol–water partition coefficient (Wildman–Crippen LogP) is 1.05. The summed E-state index contributed by atoms with van der Waals surface area (Å²) in [6.07, 6.45) is 2.37. The van der Waals surface area contributed by atoms with Crippen molar-refractivity contribution in [3.63, 3.8) is 0 Å². The van der Waals surface area contributed by atoms with E-state index in [1.807, 2.05) is 0 Å². The molecule has 0 spiro atoms. The van der Waals surface area contributed by atoms with Crippen LogP contribution in [0.2, 0.25) is 0 Å². The summed E-state index contributed by atoms with van der Waals surface area (Å²) < 4.78 is 0. The molecule has 1 rings (SSSR count). The standard InChI is InChI=1S/C5H10N4/c6-9-8-4-5-2-1-3-7-5/h5,7H,1-4H2. The van der Waals surface area contributed by atoms with E-state index < -0.39 is 0 Å². The Morgan fingerprint density at radius 1 is 1.78 bits per heavy atom. The molecule has 1 fully saturated rings. The van der Waals surface area contributed by atoms with Gasteiger partial charge in [0, 0.05) is 17.5 Å². The van der Waals surface area contributed by atoms with Gasteiger partial charge >= 0.3 is 0 Å². The highest BCUT2D eigenvalue weighted by Gasteiger charge is 2.11. The van der Waals surface area contributed by atoms with Crippen LogP contribution in [0.4, 0.5) is 0 Å². The fourth-order valence-electron chi connectivity index (χ4n) is 1.05. The van der Waals surface area contributed by atoms with Crippen molar-refractivity contribution in [1.29, 1.82) is 0 Å². The van der Waals surface area contributed by atoms with Gasteiger partial charge in [-0.2, -0.15) is 0 Å². The molecule has 0 aromatic heterocycles. The zero-order valence-electron chi connectivity index (χ0n) is 5.25. The number of nitrogens with zero attached hydrogens (tertiary/aromatic N) is 3. The number of nitrogens with one attached hydrogen (secondary N) is 1. The Hall–Kier alpha value is -0.730. The number of rotatable bonds is 2. The van der Waals surface area contributed by atoms with Crippen molar-refractivity contribution in [3.8, 4) is 0 Å². The van der Waals surface area contributed by atoms with Crippen LogP contribution in [0.25, 0.3) is 10.4 Å². The smallest absolute Gasteiger partial charge is 0.0412 e. The largest absolute Gasteiger partial charge is 0.314 e. The summed E-state index contributed by atoms with van der Waals surface area (Å²) in [7, 11) is 0. The van der Waals surface area contributed by atoms with Crippen LogP contribution >= 0.6 is 0 Å². The number of hydrogen-bond acceptors (Lipinski definition) is 2. The van der Waals surface area contributed by atoms with E-state index in [4.69, 9.17) is 5.53 Å². The second kappa shape index (κ2) is 3.33. The van der Waals surface area contributed by atoms with Crippen LogP contribution in [-0.4, -0.2) is 19.1 Å². The summed E-state index contributed by atoms with van der Waals surface area (Å²) in [6, 6.07) is 0.445. The molecule has 1 unspecified atom stereocenters. The molecule has 0 aromatic carbocycles. The van der Waals surface area contributed by atoms with Gasteiger partial charge in [-0.1, -0.05) is 5.11 Å². The fourth-order valence-corrected chi connectivity index (χ4v) is 1.05. The highest BCUT2D eigenvalue weighted by atomic mass is 15.1. The van der Waals surface area contributed by atoms with Gasteiger partial charge in [-0.05, 0) is 24.9 Å². The summed E-state index contributed by atoms with van der Waals surface area (Å²) in [4.78, 5) is 2.68. The third-order valence-corrected chi connectivity index (χ3v) is 1.53. The summed E-state index contributed by atoms with van der Waals surface area (Å²) in [6.45, 7) is 1.68. The molecule has 1 N–H and O–H groups in total. The minimum Gasteiger partial charge on any atom is -0.314 e. The van der Waals surface area contributed by atoms with Crippen LogP contribution in [0.15, 0.2) is 5.11 Å². The molecule has 1 heterocycles. The molecular weight excluding hydrogens is 116 g/mol. The molecule has 1 aliphatic rings. The summed E-state index contributed by atoms with van der Waals surface area (Å²) in [5.74, 6) is 0. The van der Waals surface area contributed by atoms with E-state index in [1.54, 1.807) is 0 Å². The van der Waals surface area contributed by atoms with E-state index in [0.717, 1.165) is 13.0 Å². The summed E-state index contributed by atoms with van der Waals surface area (Å²) >= 11 is 0. The van der Waals surface area contributed by atoms with Gasteiger partial charge in [-0.15, -0.1) is 0 Å². The molecule has 9 heavy (non-hydrogen) atoms. The normalized spacial score (nSPS) is 25.6. The Morgan fingerprint density at radius 3 is 3.22 bits per heavy atom. The zero-order valence-corrected chi connectivity index (χ0v) is 5.25. The minimum atomic E-state index is 0.445. The second-order valence-corrected chi connectivity index (χ2v) is 2.21. The monoisotopic (exact) mass is 126 g/mol. The molecule has 1 saturated heterocycles. The van der Waals surface area contributed by atoms with E-state index >= 15 is 0 Å². The van der Waals surface area contributed by atoms with Crippen LogP contribution < -0.4 is 5.32 Å². The lowest BCUT2D eigenvalue weighted by atomic mass is 10.2. The molecule has 4 heteroatoms. The quantitative estimate of drug-likeness (QED) is 0.335. The van der Waals surface area contributed by atoms with Crippen molar-refractivity contribution in [2.75, 3.05) is 13.1 Å². The summed E-state index contributed by atoms with van der Waals surface area (Å²) in [5, 5.41) is 6.70. The minimum absolute atomic E-state index is 0.445. The third-order valence-electron chi connectivity index (χ3n) is 1.53. The zero-order chi connectivity index (χ0) is 6.53. The molecule has 0 bridgehead atoms. The molecule has 50 valence electrons. The third kappa shape index (κ3) is 1.91. The van der Waals surface area contributed by atoms with E-state index in [9.17, 15) is 0 Å². The van der Waals surface area contributed by atoms with E-state index in [1.165, 1.54) is 6.42 Å². The molecule has 0 aromatic rings. The van der Waals surface area contributed by atoms with Crippen LogP contribution in [0.3, 0.4) is 0 Å². The van der Waals surface area contributed by atoms with Crippen molar-refractivity contribution in [2.24, 2.45) is 5.11 Å². The van der Waals surface area contributed by atoms with Gasteiger partial charge in [0.2, 0.25) is 0 Å². The highest BCUT2D eigenvalue weighted by Crippen LogP contribution is 2.04. The van der Waals surface area contributed by atoms with Crippen molar-refractivity contribution in [3.05, 3.63) is 10.4 Å². The van der Waals surface area contributed by atoms with Crippen LogP contribution in [0.5, 0.6) is 0 Å². The first kappa shape index (κ1) is 6.39. The lowest BCUT2D eigenvalue weighted by Gasteiger charge is -2.02. The first-order chi connectivity index (χ1) is 4.43. The first-order valence-corrected chi connectivity index (χ1v) is 3.17. The Kier molecular flexibility index (Phi) is 2.36. The van der Waals surface area contributed by atoms with Crippen LogP contribution in [0, 0.1) is 0 Å². The molecule has 1 atom stereocenters. The fraction of sp³-hybridized carbons (Fsp3) is 1.00. The van der Waals surface area contributed by atoms with Gasteiger partial charge in [0.1, 0.15) is 0 Å². The first-order valence-electron chi connectivity index (χ1n) is 3.17. The average Bonchev–Trinajstić information content (AvgIpc) is 2.34. The predicted molar refractivity (Wildman–Crippen MR) is 35.0 cm³/mol.